The zero-order valence-corrected chi connectivity index (χ0v) is 18.2. The van der Waals surface area contributed by atoms with Crippen LogP contribution in [0.1, 0.15) is 24.4 Å². The third-order valence-electron chi connectivity index (χ3n) is 5.05. The number of rotatable bonds is 7. The van der Waals surface area contributed by atoms with Crippen molar-refractivity contribution in [3.05, 3.63) is 90.6 Å². The van der Waals surface area contributed by atoms with Crippen LogP contribution < -0.4 is 5.32 Å². The first-order valence-corrected chi connectivity index (χ1v) is 10.5. The molecule has 168 valence electrons. The largest absolute Gasteiger partial charge is 0.459 e. The molecule has 0 aliphatic rings. The van der Waals surface area contributed by atoms with Crippen molar-refractivity contribution in [1.82, 2.24) is 14.7 Å². The Morgan fingerprint density at radius 1 is 1.06 bits per heavy atom. The van der Waals surface area contributed by atoms with Crippen LogP contribution in [0.3, 0.4) is 0 Å². The lowest BCUT2D eigenvalue weighted by atomic mass is 10.1. The standard InChI is InChI=1S/C25H23FN4O3/c1-17(2)29(25(32)22-9-6-14-33-22)16-24(31)27-23-15-21(18-7-4-3-5-8-18)28-30(23)20-12-10-19(26)11-13-20/h3-15,17H,16H2,1-2H3,(H,27,31). The lowest BCUT2D eigenvalue weighted by Crippen LogP contribution is -2.42. The van der Waals surface area contributed by atoms with E-state index in [4.69, 9.17) is 4.42 Å². The highest BCUT2D eigenvalue weighted by atomic mass is 19.1. The Morgan fingerprint density at radius 3 is 2.42 bits per heavy atom. The van der Waals surface area contributed by atoms with Gasteiger partial charge in [-0.1, -0.05) is 30.3 Å². The number of nitrogens with zero attached hydrogens (tertiary/aromatic N) is 3. The molecule has 0 saturated heterocycles. The minimum Gasteiger partial charge on any atom is -0.459 e. The second-order valence-corrected chi connectivity index (χ2v) is 7.72. The zero-order valence-electron chi connectivity index (χ0n) is 18.2. The molecule has 1 N–H and O–H groups in total. The van der Waals surface area contributed by atoms with Crippen molar-refractivity contribution in [1.29, 1.82) is 0 Å². The van der Waals surface area contributed by atoms with E-state index in [0.29, 0.717) is 17.2 Å². The van der Waals surface area contributed by atoms with E-state index in [9.17, 15) is 14.0 Å². The molecule has 0 bridgehead atoms. The number of nitrogens with one attached hydrogen (secondary N) is 1. The predicted octanol–water partition coefficient (Wildman–Crippen LogP) is 4.76. The summed E-state index contributed by atoms with van der Waals surface area (Å²) < 4.78 is 20.2. The van der Waals surface area contributed by atoms with E-state index >= 15 is 0 Å². The topological polar surface area (TPSA) is 80.4 Å². The Labute approximate surface area is 190 Å². The van der Waals surface area contributed by atoms with Crippen LogP contribution >= 0.6 is 0 Å². The highest BCUT2D eigenvalue weighted by Crippen LogP contribution is 2.25. The summed E-state index contributed by atoms with van der Waals surface area (Å²) in [5.74, 6) is -0.573. The number of halogens is 1. The molecule has 7 nitrogen and oxygen atoms in total. The lowest BCUT2D eigenvalue weighted by molar-refractivity contribution is -0.117. The fourth-order valence-electron chi connectivity index (χ4n) is 3.37. The lowest BCUT2D eigenvalue weighted by Gasteiger charge is -2.25. The quantitative estimate of drug-likeness (QED) is 0.444. The molecule has 0 fully saturated rings. The van der Waals surface area contributed by atoms with E-state index in [-0.39, 0.29) is 30.1 Å². The molecule has 0 spiro atoms. The SMILES string of the molecule is CC(C)N(CC(=O)Nc1cc(-c2ccccc2)nn1-c1ccc(F)cc1)C(=O)c1ccco1. The molecule has 4 rings (SSSR count). The number of anilines is 1. The second kappa shape index (κ2) is 9.52. The van der Waals surface area contributed by atoms with Gasteiger partial charge in [0.05, 0.1) is 17.6 Å². The predicted molar refractivity (Wildman–Crippen MR) is 122 cm³/mol. The molecule has 8 heteroatoms. The molecule has 2 amide bonds. The van der Waals surface area contributed by atoms with E-state index in [1.165, 1.54) is 28.0 Å². The molecule has 0 saturated carbocycles. The van der Waals surface area contributed by atoms with Gasteiger partial charge >= 0.3 is 0 Å². The summed E-state index contributed by atoms with van der Waals surface area (Å²) in [5, 5.41) is 7.45. The molecule has 0 aliphatic heterocycles. The summed E-state index contributed by atoms with van der Waals surface area (Å²) in [7, 11) is 0. The molecule has 0 unspecified atom stereocenters. The Balaban J connectivity index is 1.61. The first-order chi connectivity index (χ1) is 15.9. The van der Waals surface area contributed by atoms with Crippen LogP contribution in [-0.2, 0) is 4.79 Å². The summed E-state index contributed by atoms with van der Waals surface area (Å²) in [4.78, 5) is 27.1. The Bertz CT molecular complexity index is 1230. The molecule has 2 aromatic carbocycles. The first-order valence-electron chi connectivity index (χ1n) is 10.5. The number of carbonyl (C=O) groups excluding carboxylic acids is 2. The number of aromatic nitrogens is 2. The van der Waals surface area contributed by atoms with E-state index < -0.39 is 5.91 Å². The van der Waals surface area contributed by atoms with Crippen molar-refractivity contribution in [3.63, 3.8) is 0 Å². The second-order valence-electron chi connectivity index (χ2n) is 7.72. The monoisotopic (exact) mass is 446 g/mol. The van der Waals surface area contributed by atoms with Gasteiger partial charge in [-0.25, -0.2) is 9.07 Å². The number of hydrogen-bond donors (Lipinski definition) is 1. The minimum absolute atomic E-state index is 0.166. The zero-order chi connectivity index (χ0) is 23.4. The number of furan rings is 1. The van der Waals surface area contributed by atoms with Gasteiger partial charge in [-0.15, -0.1) is 0 Å². The van der Waals surface area contributed by atoms with E-state index in [1.54, 1.807) is 30.3 Å². The number of benzene rings is 2. The van der Waals surface area contributed by atoms with Crippen LogP contribution in [0.4, 0.5) is 10.2 Å². The summed E-state index contributed by atoms with van der Waals surface area (Å²) >= 11 is 0. The van der Waals surface area contributed by atoms with E-state index in [2.05, 4.69) is 10.4 Å². The highest BCUT2D eigenvalue weighted by molar-refractivity contribution is 5.98. The van der Waals surface area contributed by atoms with Crippen molar-refractivity contribution < 1.29 is 18.4 Å². The van der Waals surface area contributed by atoms with Gasteiger partial charge in [-0.3, -0.25) is 9.59 Å². The molecule has 0 aliphatic carbocycles. The van der Waals surface area contributed by atoms with Crippen LogP contribution in [0.15, 0.2) is 83.5 Å². The van der Waals surface area contributed by atoms with Crippen molar-refractivity contribution in [2.24, 2.45) is 0 Å². The third-order valence-corrected chi connectivity index (χ3v) is 5.05. The fourth-order valence-corrected chi connectivity index (χ4v) is 3.37. The number of carbonyl (C=O) groups is 2. The van der Waals surface area contributed by atoms with Crippen LogP contribution in [-0.4, -0.2) is 39.1 Å². The minimum atomic E-state index is -0.397. The Hall–Kier alpha value is -4.20. The Morgan fingerprint density at radius 2 is 1.79 bits per heavy atom. The van der Waals surface area contributed by atoms with E-state index in [1.807, 2.05) is 44.2 Å². The van der Waals surface area contributed by atoms with Gasteiger partial charge in [-0.2, -0.15) is 5.10 Å². The maximum atomic E-state index is 13.4. The van der Waals surface area contributed by atoms with Crippen molar-refractivity contribution in [2.75, 3.05) is 11.9 Å². The van der Waals surface area contributed by atoms with Crippen molar-refractivity contribution in [2.45, 2.75) is 19.9 Å². The highest BCUT2D eigenvalue weighted by Gasteiger charge is 2.24. The third kappa shape index (κ3) is 5.01. The maximum Gasteiger partial charge on any atom is 0.290 e. The van der Waals surface area contributed by atoms with Crippen molar-refractivity contribution in [3.8, 4) is 16.9 Å². The molecular formula is C25H23FN4O3. The summed E-state index contributed by atoms with van der Waals surface area (Å²) in [6, 6.07) is 20.0. The van der Waals surface area contributed by atoms with Gasteiger partial charge in [0.2, 0.25) is 5.91 Å². The average molecular weight is 446 g/mol. The summed E-state index contributed by atoms with van der Waals surface area (Å²) in [6.45, 7) is 3.47. The van der Waals surface area contributed by atoms with E-state index in [0.717, 1.165) is 5.56 Å². The van der Waals surface area contributed by atoms with Gasteiger partial charge in [0.1, 0.15) is 18.2 Å². The molecule has 33 heavy (non-hydrogen) atoms. The van der Waals surface area contributed by atoms with Crippen molar-refractivity contribution >= 4 is 17.6 Å². The summed E-state index contributed by atoms with van der Waals surface area (Å²) in [5.41, 5.74) is 2.09. The van der Waals surface area contributed by atoms with Crippen LogP contribution in [0.25, 0.3) is 16.9 Å². The van der Waals surface area contributed by atoms with Crippen LogP contribution in [0.2, 0.25) is 0 Å². The van der Waals surface area contributed by atoms with Gasteiger partial charge < -0.3 is 14.6 Å². The van der Waals surface area contributed by atoms with Gasteiger partial charge in [-0.05, 0) is 50.2 Å². The molecule has 4 aromatic rings. The number of amides is 2. The first kappa shape index (κ1) is 22.0. The molecular weight excluding hydrogens is 423 g/mol. The molecule has 0 atom stereocenters. The Kier molecular flexibility index (Phi) is 6.35. The summed E-state index contributed by atoms with van der Waals surface area (Å²) in [6.07, 6.45) is 1.41. The van der Waals surface area contributed by atoms with Gasteiger partial charge in [0.25, 0.3) is 5.91 Å². The van der Waals surface area contributed by atoms with Crippen LogP contribution in [0.5, 0.6) is 0 Å². The maximum absolute atomic E-state index is 13.4. The molecule has 0 radical (unpaired) electrons. The fraction of sp³-hybridized carbons (Fsp3) is 0.160. The van der Waals surface area contributed by atoms with Gasteiger partial charge in [0, 0.05) is 17.7 Å². The molecule has 2 heterocycles. The number of hydrogen-bond acceptors (Lipinski definition) is 4. The van der Waals surface area contributed by atoms with Gasteiger partial charge in [0.15, 0.2) is 5.76 Å². The smallest absolute Gasteiger partial charge is 0.290 e. The van der Waals surface area contributed by atoms with Crippen LogP contribution in [0, 0.1) is 5.82 Å². The average Bonchev–Trinajstić information content (AvgIpc) is 3.49. The normalized spacial score (nSPS) is 10.9. The molecule has 2 aromatic heterocycles.